The molecule has 2 aromatic rings. The molecule has 3 rings (SSSR count). The third kappa shape index (κ3) is 3.87. The highest BCUT2D eigenvalue weighted by Gasteiger charge is 2.31. The number of sulfonamides is 1. The molecular formula is C18H21F2N2O3S+. The standard InChI is InChI=1S/C18H20F2N2O3S/c1-25-14-5-7-15(8-6-14)26(23,24)22-11-9-21(10-12-22)13-16-17(19)3-2-4-18(16)20/h2-8H,9-13H2,1H3/p+1. The van der Waals surface area contributed by atoms with Crippen molar-refractivity contribution in [1.29, 1.82) is 0 Å². The smallest absolute Gasteiger partial charge is 0.243 e. The van der Waals surface area contributed by atoms with Crippen molar-refractivity contribution < 1.29 is 26.8 Å². The molecule has 0 saturated carbocycles. The molecule has 2 aromatic carbocycles. The first-order valence-electron chi connectivity index (χ1n) is 8.32. The van der Waals surface area contributed by atoms with Crippen molar-refractivity contribution in [2.24, 2.45) is 0 Å². The van der Waals surface area contributed by atoms with Crippen LogP contribution in [0.3, 0.4) is 0 Å². The van der Waals surface area contributed by atoms with Crippen LogP contribution in [0.4, 0.5) is 8.78 Å². The fraction of sp³-hybridized carbons (Fsp3) is 0.333. The van der Waals surface area contributed by atoms with E-state index in [9.17, 15) is 17.2 Å². The first kappa shape index (κ1) is 18.8. The molecular weight excluding hydrogens is 362 g/mol. The van der Waals surface area contributed by atoms with Gasteiger partial charge >= 0.3 is 0 Å². The van der Waals surface area contributed by atoms with Crippen LogP contribution in [0, 0.1) is 11.6 Å². The maximum absolute atomic E-state index is 13.8. The van der Waals surface area contributed by atoms with Gasteiger partial charge in [-0.15, -0.1) is 0 Å². The summed E-state index contributed by atoms with van der Waals surface area (Å²) in [4.78, 5) is 1.16. The van der Waals surface area contributed by atoms with E-state index in [1.165, 1.54) is 41.7 Å². The minimum Gasteiger partial charge on any atom is -0.497 e. The Hall–Kier alpha value is -2.03. The van der Waals surface area contributed by atoms with Crippen LogP contribution in [0.2, 0.25) is 0 Å². The highest BCUT2D eigenvalue weighted by molar-refractivity contribution is 7.89. The van der Waals surface area contributed by atoms with E-state index in [0.717, 1.165) is 4.90 Å². The molecule has 0 aliphatic carbocycles. The molecule has 1 N–H and O–H groups in total. The van der Waals surface area contributed by atoms with Crippen molar-refractivity contribution in [3.05, 3.63) is 59.7 Å². The average Bonchev–Trinajstić information content (AvgIpc) is 2.65. The summed E-state index contributed by atoms with van der Waals surface area (Å²) >= 11 is 0. The van der Waals surface area contributed by atoms with Crippen molar-refractivity contribution in [1.82, 2.24) is 4.31 Å². The summed E-state index contributed by atoms with van der Waals surface area (Å²) in [7, 11) is -2.07. The molecule has 26 heavy (non-hydrogen) atoms. The zero-order valence-corrected chi connectivity index (χ0v) is 15.2. The fourth-order valence-corrected chi connectivity index (χ4v) is 4.51. The van der Waals surface area contributed by atoms with Gasteiger partial charge in [-0.25, -0.2) is 17.2 Å². The van der Waals surface area contributed by atoms with Gasteiger partial charge in [0.25, 0.3) is 0 Å². The second-order valence-electron chi connectivity index (χ2n) is 6.21. The summed E-state index contributed by atoms with van der Waals surface area (Å²) in [5.41, 5.74) is 0.0500. The first-order chi connectivity index (χ1) is 12.4. The van der Waals surface area contributed by atoms with Gasteiger partial charge in [-0.2, -0.15) is 4.31 Å². The molecule has 0 unspecified atom stereocenters. The summed E-state index contributed by atoms with van der Waals surface area (Å²) in [6.45, 7) is 1.79. The van der Waals surface area contributed by atoms with Crippen molar-refractivity contribution in [2.75, 3.05) is 33.3 Å². The summed E-state index contributed by atoms with van der Waals surface area (Å²) in [6.07, 6.45) is 0. The van der Waals surface area contributed by atoms with Crippen LogP contribution in [0.25, 0.3) is 0 Å². The van der Waals surface area contributed by atoms with Crippen LogP contribution in [-0.2, 0) is 16.6 Å². The van der Waals surface area contributed by atoms with E-state index < -0.39 is 21.7 Å². The summed E-state index contributed by atoms with van der Waals surface area (Å²) in [5, 5.41) is 0. The van der Waals surface area contributed by atoms with Gasteiger partial charge in [0.1, 0.15) is 23.9 Å². The van der Waals surface area contributed by atoms with Gasteiger partial charge in [-0.1, -0.05) is 6.07 Å². The van der Waals surface area contributed by atoms with Gasteiger partial charge in [0.15, 0.2) is 0 Å². The molecule has 0 amide bonds. The first-order valence-corrected chi connectivity index (χ1v) is 9.76. The van der Waals surface area contributed by atoms with Gasteiger partial charge in [-0.3, -0.25) is 0 Å². The molecule has 0 atom stereocenters. The molecule has 1 fully saturated rings. The zero-order valence-electron chi connectivity index (χ0n) is 14.4. The number of rotatable bonds is 5. The zero-order chi connectivity index (χ0) is 18.7. The van der Waals surface area contributed by atoms with Crippen molar-refractivity contribution in [3.63, 3.8) is 0 Å². The van der Waals surface area contributed by atoms with Gasteiger partial charge in [0.2, 0.25) is 10.0 Å². The predicted molar refractivity (Wildman–Crippen MR) is 92.5 cm³/mol. The number of hydrogen-bond acceptors (Lipinski definition) is 3. The van der Waals surface area contributed by atoms with Gasteiger partial charge in [0.05, 0.1) is 43.7 Å². The average molecular weight is 383 g/mol. The topological polar surface area (TPSA) is 51.1 Å². The highest BCUT2D eigenvalue weighted by Crippen LogP contribution is 2.19. The molecule has 140 valence electrons. The third-order valence-corrected chi connectivity index (χ3v) is 6.53. The monoisotopic (exact) mass is 383 g/mol. The molecule has 0 bridgehead atoms. The number of ether oxygens (including phenoxy) is 1. The van der Waals surface area contributed by atoms with E-state index in [-0.39, 0.29) is 17.0 Å². The Kier molecular flexibility index (Phi) is 5.55. The van der Waals surface area contributed by atoms with E-state index in [1.807, 2.05) is 0 Å². The van der Waals surface area contributed by atoms with Crippen molar-refractivity contribution >= 4 is 10.0 Å². The van der Waals surface area contributed by atoms with E-state index in [1.54, 1.807) is 12.1 Å². The molecule has 1 aliphatic heterocycles. The van der Waals surface area contributed by atoms with Crippen LogP contribution in [-0.4, -0.2) is 46.0 Å². The molecule has 1 heterocycles. The lowest BCUT2D eigenvalue weighted by atomic mass is 10.1. The maximum Gasteiger partial charge on any atom is 0.243 e. The lowest BCUT2D eigenvalue weighted by Crippen LogP contribution is -3.13. The van der Waals surface area contributed by atoms with Gasteiger partial charge in [-0.05, 0) is 36.4 Å². The van der Waals surface area contributed by atoms with E-state index in [2.05, 4.69) is 0 Å². The normalized spacial score (nSPS) is 16.6. The Morgan fingerprint density at radius 2 is 1.62 bits per heavy atom. The number of methoxy groups -OCH3 is 1. The summed E-state index contributed by atoms with van der Waals surface area (Å²) in [6, 6.07) is 10.1. The van der Waals surface area contributed by atoms with Crippen molar-refractivity contribution in [3.8, 4) is 5.75 Å². The second-order valence-corrected chi connectivity index (χ2v) is 8.14. The Bertz CT molecular complexity index is 844. The van der Waals surface area contributed by atoms with Crippen LogP contribution in [0.5, 0.6) is 5.75 Å². The van der Waals surface area contributed by atoms with Gasteiger partial charge < -0.3 is 9.64 Å². The van der Waals surface area contributed by atoms with Crippen molar-refractivity contribution in [2.45, 2.75) is 11.4 Å². The SMILES string of the molecule is COc1ccc(S(=O)(=O)N2CC[NH+](Cc3c(F)cccc3F)CC2)cc1. The Morgan fingerprint density at radius 3 is 2.15 bits per heavy atom. The van der Waals surface area contributed by atoms with E-state index in [0.29, 0.717) is 31.9 Å². The third-order valence-electron chi connectivity index (χ3n) is 4.62. The van der Waals surface area contributed by atoms with E-state index >= 15 is 0 Å². The molecule has 5 nitrogen and oxygen atoms in total. The predicted octanol–water partition coefficient (Wildman–Crippen LogP) is 1.06. The Labute approximate surface area is 151 Å². The number of piperazine rings is 1. The van der Waals surface area contributed by atoms with Crippen LogP contribution >= 0.6 is 0 Å². The minimum absolute atomic E-state index is 0.0500. The number of quaternary nitrogens is 1. The highest BCUT2D eigenvalue weighted by atomic mass is 32.2. The fourth-order valence-electron chi connectivity index (χ4n) is 3.07. The second kappa shape index (κ2) is 7.69. The quantitative estimate of drug-likeness (QED) is 0.840. The number of nitrogens with one attached hydrogen (secondary N) is 1. The number of hydrogen-bond donors (Lipinski definition) is 1. The molecule has 0 spiro atoms. The lowest BCUT2D eigenvalue weighted by Gasteiger charge is -2.31. The maximum atomic E-state index is 13.8. The molecule has 8 heteroatoms. The Morgan fingerprint density at radius 1 is 1.04 bits per heavy atom. The molecule has 1 saturated heterocycles. The van der Waals surface area contributed by atoms with Crippen LogP contribution in [0.15, 0.2) is 47.4 Å². The lowest BCUT2D eigenvalue weighted by molar-refractivity contribution is -0.917. The van der Waals surface area contributed by atoms with Crippen LogP contribution < -0.4 is 9.64 Å². The largest absolute Gasteiger partial charge is 0.497 e. The molecule has 0 radical (unpaired) electrons. The summed E-state index contributed by atoms with van der Waals surface area (Å²) < 4.78 is 59.5. The molecule has 1 aliphatic rings. The number of nitrogens with zero attached hydrogens (tertiary/aromatic N) is 1. The van der Waals surface area contributed by atoms with E-state index in [4.69, 9.17) is 4.74 Å². The Balaban J connectivity index is 1.65. The summed E-state index contributed by atoms with van der Waals surface area (Å²) in [5.74, 6) is -0.540. The number of benzene rings is 2. The minimum atomic E-state index is -3.58. The molecule has 0 aromatic heterocycles. The number of halogens is 2. The van der Waals surface area contributed by atoms with Crippen LogP contribution in [0.1, 0.15) is 5.56 Å². The van der Waals surface area contributed by atoms with Gasteiger partial charge in [0, 0.05) is 0 Å².